The Balaban J connectivity index is 1.59. The Morgan fingerprint density at radius 1 is 0.591 bits per heavy atom. The van der Waals surface area contributed by atoms with E-state index in [-0.39, 0.29) is 12.3 Å². The highest BCUT2D eigenvalue weighted by atomic mass is 16.8. The number of nitrogens with one attached hydrogen (secondary N) is 2. The van der Waals surface area contributed by atoms with Crippen molar-refractivity contribution in [1.82, 2.24) is 10.6 Å². The Kier molecular flexibility index (Phi) is 42.1. The van der Waals surface area contributed by atoms with Crippen molar-refractivity contribution in [3.8, 4) is 0 Å². The van der Waals surface area contributed by atoms with Gasteiger partial charge in [0, 0.05) is 19.8 Å². The number of aliphatic carboxylic acids is 1. The number of carboxylic acid groups (broad SMARTS) is 1. The standard InChI is InChI=1S/C65H120N2O21/c1-4-6-8-10-12-14-16-18-19-20-21-22-23-24-25-27-29-31-33-35-37-39-52(75)67-46(47(72)38-36-34-32-30-28-26-17-15-13-11-9-7-5-2)44-83-62-57(79)56(78)59(51(43-70)85-62)86-63-58(80)61(55(77)50(42-69)84-63)88-65(64(81)82)40-48(73)53(66-45(3)71)60(87-65)54(76)49(74)41-68/h36,38,46-51,53-63,68-70,72-74,76-80H,4-35,37,39-44H2,1-3H3,(H,66,71)(H,67,75)(H,81,82). The van der Waals surface area contributed by atoms with Gasteiger partial charge in [-0.05, 0) is 19.3 Å². The van der Waals surface area contributed by atoms with Gasteiger partial charge in [-0.3, -0.25) is 9.59 Å². The first-order valence-corrected chi connectivity index (χ1v) is 34.1. The quantitative estimate of drug-likeness (QED) is 0.0264. The first-order chi connectivity index (χ1) is 42.4. The second-order valence-electron chi connectivity index (χ2n) is 25.0. The van der Waals surface area contributed by atoms with Gasteiger partial charge in [0.2, 0.25) is 11.8 Å². The average molecular weight is 1270 g/mol. The van der Waals surface area contributed by atoms with Gasteiger partial charge in [-0.25, -0.2) is 4.79 Å². The lowest BCUT2D eigenvalue weighted by Crippen LogP contribution is -2.70. The van der Waals surface area contributed by atoms with E-state index in [1.54, 1.807) is 6.08 Å². The molecule has 18 atom stereocenters. The van der Waals surface area contributed by atoms with Crippen LogP contribution in [0.25, 0.3) is 0 Å². The molecule has 23 nitrogen and oxygen atoms in total. The van der Waals surface area contributed by atoms with Crippen LogP contribution in [0.4, 0.5) is 0 Å². The molecule has 18 unspecified atom stereocenters. The van der Waals surface area contributed by atoms with Crippen molar-refractivity contribution in [2.24, 2.45) is 0 Å². The Labute approximate surface area is 524 Å². The topological polar surface area (TPSA) is 373 Å². The predicted molar refractivity (Wildman–Crippen MR) is 329 cm³/mol. The van der Waals surface area contributed by atoms with Crippen LogP contribution in [0.2, 0.25) is 0 Å². The molecule has 3 rings (SSSR count). The molecule has 3 aliphatic rings. The molecule has 0 aliphatic carbocycles. The van der Waals surface area contributed by atoms with E-state index in [2.05, 4.69) is 24.5 Å². The number of aliphatic hydroxyl groups is 11. The van der Waals surface area contributed by atoms with E-state index in [4.69, 9.17) is 28.4 Å². The number of aliphatic hydroxyl groups excluding tert-OH is 11. The van der Waals surface area contributed by atoms with Crippen LogP contribution >= 0.6 is 0 Å². The van der Waals surface area contributed by atoms with Crippen LogP contribution in [0.1, 0.15) is 245 Å². The Morgan fingerprint density at radius 2 is 1.06 bits per heavy atom. The number of carboxylic acids is 1. The zero-order valence-corrected chi connectivity index (χ0v) is 53.6. The van der Waals surface area contributed by atoms with Crippen LogP contribution in [0, 0.1) is 0 Å². The predicted octanol–water partition coefficient (Wildman–Crippen LogP) is 5.51. The van der Waals surface area contributed by atoms with Gasteiger partial charge >= 0.3 is 5.97 Å². The molecule has 0 bridgehead atoms. The van der Waals surface area contributed by atoms with E-state index in [1.165, 1.54) is 154 Å². The molecule has 23 heteroatoms. The van der Waals surface area contributed by atoms with Gasteiger partial charge in [0.15, 0.2) is 12.6 Å². The molecule has 0 aromatic rings. The summed E-state index contributed by atoms with van der Waals surface area (Å²) in [6.07, 6.45) is 14.1. The second kappa shape index (κ2) is 46.5. The first kappa shape index (κ1) is 79.7. The van der Waals surface area contributed by atoms with E-state index in [0.717, 1.165) is 51.9 Å². The van der Waals surface area contributed by atoms with Gasteiger partial charge in [0.05, 0.1) is 50.7 Å². The normalized spacial score (nSPS) is 29.0. The highest BCUT2D eigenvalue weighted by Gasteiger charge is 2.60. The molecule has 88 heavy (non-hydrogen) atoms. The summed E-state index contributed by atoms with van der Waals surface area (Å²) < 4.78 is 34.7. The van der Waals surface area contributed by atoms with Crippen molar-refractivity contribution in [2.45, 2.75) is 355 Å². The van der Waals surface area contributed by atoms with Gasteiger partial charge in [0.1, 0.15) is 67.1 Å². The van der Waals surface area contributed by atoms with Crippen LogP contribution in [0.15, 0.2) is 12.2 Å². The second-order valence-corrected chi connectivity index (χ2v) is 25.0. The highest BCUT2D eigenvalue weighted by molar-refractivity contribution is 5.77. The molecular formula is C65H120N2O21. The number of amides is 2. The van der Waals surface area contributed by atoms with E-state index < -0.39 is 155 Å². The minimum atomic E-state index is -3.08. The van der Waals surface area contributed by atoms with Crippen molar-refractivity contribution in [2.75, 3.05) is 26.4 Å². The fraction of sp³-hybridized carbons (Fsp3) is 0.923. The van der Waals surface area contributed by atoms with Gasteiger partial charge in [0.25, 0.3) is 5.79 Å². The third-order valence-corrected chi connectivity index (χ3v) is 17.5. The van der Waals surface area contributed by atoms with Crippen LogP contribution in [0.3, 0.4) is 0 Å². The molecule has 0 saturated carbocycles. The number of allylic oxidation sites excluding steroid dienone is 1. The Bertz CT molecular complexity index is 1840. The maximum absolute atomic E-state index is 13.4. The number of hydrogen-bond acceptors (Lipinski definition) is 20. The molecule has 3 fully saturated rings. The SMILES string of the molecule is CCCCCCCCCCCCCC=CC(O)C(COC1OC(CO)C(OC2OC(CO)C(O)C(OC3(C(=O)O)CC(O)C(NC(C)=O)C(C(O)C(O)CO)O3)C2O)C(O)C1O)NC(=O)CCCCCCCCCCCCCCCCCCCCCCC. The lowest BCUT2D eigenvalue weighted by atomic mass is 9.88. The van der Waals surface area contributed by atoms with E-state index in [1.807, 2.05) is 6.08 Å². The Morgan fingerprint density at radius 3 is 1.51 bits per heavy atom. The van der Waals surface area contributed by atoms with Gasteiger partial charge in [-0.1, -0.05) is 219 Å². The maximum atomic E-state index is 13.4. The molecule has 516 valence electrons. The van der Waals surface area contributed by atoms with Gasteiger partial charge in [-0.2, -0.15) is 0 Å². The zero-order valence-electron chi connectivity index (χ0n) is 53.6. The molecule has 0 radical (unpaired) electrons. The number of unbranched alkanes of at least 4 members (excludes halogenated alkanes) is 31. The molecule has 0 spiro atoms. The smallest absolute Gasteiger partial charge is 0.364 e. The summed E-state index contributed by atoms with van der Waals surface area (Å²) in [6, 6.07) is -2.61. The van der Waals surface area contributed by atoms with Crippen molar-refractivity contribution in [1.29, 1.82) is 0 Å². The summed E-state index contributed by atoms with van der Waals surface area (Å²) >= 11 is 0. The molecule has 3 saturated heterocycles. The number of ether oxygens (including phenoxy) is 6. The summed E-state index contributed by atoms with van der Waals surface area (Å²) in [5.41, 5.74) is 0. The number of hydrogen-bond donors (Lipinski definition) is 14. The zero-order chi connectivity index (χ0) is 64.7. The summed E-state index contributed by atoms with van der Waals surface area (Å²) in [5.74, 6) is -6.14. The number of carbonyl (C=O) groups excluding carboxylic acids is 2. The first-order valence-electron chi connectivity index (χ1n) is 34.1. The van der Waals surface area contributed by atoms with Gasteiger partial charge < -0.3 is 100 Å². The third-order valence-electron chi connectivity index (χ3n) is 17.5. The molecule has 0 aromatic heterocycles. The van der Waals surface area contributed by atoms with E-state index >= 15 is 0 Å². The molecular weight excluding hydrogens is 1140 g/mol. The van der Waals surface area contributed by atoms with Crippen LogP contribution in [-0.2, 0) is 42.8 Å². The maximum Gasteiger partial charge on any atom is 0.364 e. The lowest BCUT2D eigenvalue weighted by Gasteiger charge is -2.50. The Hall–Kier alpha value is -2.53. The van der Waals surface area contributed by atoms with Crippen molar-refractivity contribution in [3.05, 3.63) is 12.2 Å². The third kappa shape index (κ3) is 29.2. The monoisotopic (exact) mass is 1260 g/mol. The molecule has 0 aromatic carbocycles. The van der Waals surface area contributed by atoms with Crippen LogP contribution < -0.4 is 10.6 Å². The summed E-state index contributed by atoms with van der Waals surface area (Å²) in [6.45, 7) is 2.13. The van der Waals surface area contributed by atoms with Crippen LogP contribution in [0.5, 0.6) is 0 Å². The largest absolute Gasteiger partial charge is 0.477 e. The van der Waals surface area contributed by atoms with E-state index in [9.17, 15) is 75.7 Å². The summed E-state index contributed by atoms with van der Waals surface area (Å²) in [4.78, 5) is 38.5. The minimum absolute atomic E-state index is 0.205. The van der Waals surface area contributed by atoms with Crippen LogP contribution in [-0.4, -0.2) is 215 Å². The lowest BCUT2D eigenvalue weighted by molar-refractivity contribution is -0.386. The molecule has 2 amide bonds. The van der Waals surface area contributed by atoms with Crippen molar-refractivity contribution in [3.63, 3.8) is 0 Å². The summed E-state index contributed by atoms with van der Waals surface area (Å²) in [7, 11) is 0. The van der Waals surface area contributed by atoms with Gasteiger partial charge in [-0.15, -0.1) is 0 Å². The number of carbonyl (C=O) groups is 3. The highest BCUT2D eigenvalue weighted by Crippen LogP contribution is 2.39. The summed E-state index contributed by atoms with van der Waals surface area (Å²) in [5, 5.41) is 136. The fourth-order valence-corrected chi connectivity index (χ4v) is 12.0. The molecule has 3 heterocycles. The van der Waals surface area contributed by atoms with E-state index in [0.29, 0.717) is 12.8 Å². The fourth-order valence-electron chi connectivity index (χ4n) is 12.0. The minimum Gasteiger partial charge on any atom is -0.477 e. The molecule has 14 N–H and O–H groups in total. The molecule has 3 aliphatic heterocycles. The number of rotatable bonds is 51. The average Bonchev–Trinajstić information content (AvgIpc) is 0.829. The van der Waals surface area contributed by atoms with Crippen molar-refractivity contribution >= 4 is 17.8 Å². The van der Waals surface area contributed by atoms with Crippen molar-refractivity contribution < 1.29 is 104 Å².